The van der Waals surface area contributed by atoms with Gasteiger partial charge < -0.3 is 20.5 Å². The van der Waals surface area contributed by atoms with Crippen LogP contribution >= 0.6 is 0 Å². The Balaban J connectivity index is 2.01. The van der Waals surface area contributed by atoms with Gasteiger partial charge in [-0.15, -0.1) is 0 Å². The molecule has 1 aliphatic heterocycles. The molecule has 1 saturated carbocycles. The molecule has 0 aromatic rings. The monoisotopic (exact) mass is 270 g/mol. The minimum absolute atomic E-state index is 0.137. The molecule has 19 heavy (non-hydrogen) atoms. The first-order valence-corrected chi connectivity index (χ1v) is 7.12. The smallest absolute Gasteiger partial charge is 0.410 e. The van der Waals surface area contributed by atoms with Crippen molar-refractivity contribution in [3.8, 4) is 0 Å². The molecule has 2 aliphatic rings. The van der Waals surface area contributed by atoms with Gasteiger partial charge in [-0.3, -0.25) is 0 Å². The average molecular weight is 270 g/mol. The first-order valence-electron chi connectivity index (χ1n) is 7.12. The van der Waals surface area contributed by atoms with E-state index in [0.29, 0.717) is 32.5 Å². The van der Waals surface area contributed by atoms with Crippen molar-refractivity contribution in [2.45, 2.75) is 57.7 Å². The van der Waals surface area contributed by atoms with Crippen LogP contribution in [0.15, 0.2) is 0 Å². The standard InChI is InChI=1S/C14H26N2O3/c1-12(2,3)19-11(17)16-9-7-14(18,6-8-15)13(10-16)4-5-13/h18H,4-10,15H2,1-3H3. The molecule has 2 fully saturated rings. The Morgan fingerprint density at radius 2 is 2.00 bits per heavy atom. The fraction of sp³-hybridized carbons (Fsp3) is 0.929. The molecule has 1 spiro atoms. The van der Waals surface area contributed by atoms with E-state index in [-0.39, 0.29) is 11.5 Å². The molecule has 5 heteroatoms. The number of amides is 1. The highest BCUT2D eigenvalue weighted by molar-refractivity contribution is 5.68. The van der Waals surface area contributed by atoms with Gasteiger partial charge in [0, 0.05) is 18.5 Å². The van der Waals surface area contributed by atoms with Crippen LogP contribution in [0.5, 0.6) is 0 Å². The summed E-state index contributed by atoms with van der Waals surface area (Å²) in [5, 5.41) is 10.7. The minimum atomic E-state index is -0.694. The number of nitrogens with two attached hydrogens (primary N) is 1. The minimum Gasteiger partial charge on any atom is -0.444 e. The molecule has 0 aromatic heterocycles. The molecule has 1 saturated heterocycles. The highest BCUT2D eigenvalue weighted by Gasteiger charge is 2.61. The van der Waals surface area contributed by atoms with Gasteiger partial charge in [0.2, 0.25) is 0 Å². The van der Waals surface area contributed by atoms with E-state index < -0.39 is 11.2 Å². The molecule has 3 N–H and O–H groups in total. The van der Waals surface area contributed by atoms with Crippen LogP contribution in [0.1, 0.15) is 46.5 Å². The number of piperidine rings is 1. The summed E-state index contributed by atoms with van der Waals surface area (Å²) in [6.45, 7) is 7.24. The largest absolute Gasteiger partial charge is 0.444 e. The molecular formula is C14H26N2O3. The summed E-state index contributed by atoms with van der Waals surface area (Å²) >= 11 is 0. The Kier molecular flexibility index (Phi) is 3.56. The Hall–Kier alpha value is -0.810. The van der Waals surface area contributed by atoms with Gasteiger partial charge in [0.1, 0.15) is 5.60 Å². The lowest BCUT2D eigenvalue weighted by atomic mass is 9.76. The molecular weight excluding hydrogens is 244 g/mol. The maximum absolute atomic E-state index is 12.1. The summed E-state index contributed by atoms with van der Waals surface area (Å²) < 4.78 is 5.41. The second-order valence-electron chi connectivity index (χ2n) is 7.00. The fourth-order valence-electron chi connectivity index (χ4n) is 3.06. The summed E-state index contributed by atoms with van der Waals surface area (Å²) in [6.07, 6.45) is 2.90. The Bertz CT molecular complexity index is 360. The van der Waals surface area contributed by atoms with E-state index in [1.165, 1.54) is 0 Å². The van der Waals surface area contributed by atoms with E-state index in [2.05, 4.69) is 0 Å². The van der Waals surface area contributed by atoms with Crippen molar-refractivity contribution in [2.75, 3.05) is 19.6 Å². The van der Waals surface area contributed by atoms with Gasteiger partial charge in [-0.05, 0) is 53.0 Å². The molecule has 110 valence electrons. The molecule has 0 bridgehead atoms. The van der Waals surface area contributed by atoms with Crippen LogP contribution < -0.4 is 5.73 Å². The highest BCUT2D eigenvalue weighted by atomic mass is 16.6. The summed E-state index contributed by atoms with van der Waals surface area (Å²) in [4.78, 5) is 13.8. The number of ether oxygens (including phenoxy) is 1. The topological polar surface area (TPSA) is 75.8 Å². The molecule has 1 unspecified atom stereocenters. The van der Waals surface area contributed by atoms with Crippen LogP contribution in [-0.4, -0.2) is 46.9 Å². The van der Waals surface area contributed by atoms with Crippen molar-refractivity contribution < 1.29 is 14.6 Å². The van der Waals surface area contributed by atoms with Crippen molar-refractivity contribution in [3.63, 3.8) is 0 Å². The van der Waals surface area contributed by atoms with Crippen molar-refractivity contribution in [1.29, 1.82) is 0 Å². The number of nitrogens with zero attached hydrogens (tertiary/aromatic N) is 1. The Labute approximate surface area is 115 Å². The zero-order valence-corrected chi connectivity index (χ0v) is 12.2. The van der Waals surface area contributed by atoms with Crippen LogP contribution in [0.25, 0.3) is 0 Å². The molecule has 1 aliphatic carbocycles. The second kappa shape index (κ2) is 4.63. The van der Waals surface area contributed by atoms with Gasteiger partial charge in [-0.2, -0.15) is 0 Å². The number of carbonyl (C=O) groups excluding carboxylic acids is 1. The van der Waals surface area contributed by atoms with Crippen LogP contribution in [0.4, 0.5) is 4.79 Å². The molecule has 1 heterocycles. The number of hydrogen-bond donors (Lipinski definition) is 2. The molecule has 0 radical (unpaired) electrons. The maximum atomic E-state index is 12.1. The van der Waals surface area contributed by atoms with E-state index in [1.807, 2.05) is 20.8 Å². The number of rotatable bonds is 2. The quantitative estimate of drug-likeness (QED) is 0.797. The van der Waals surface area contributed by atoms with E-state index >= 15 is 0 Å². The maximum Gasteiger partial charge on any atom is 0.410 e. The third-order valence-electron chi connectivity index (χ3n) is 4.34. The summed E-state index contributed by atoms with van der Waals surface area (Å²) in [5.41, 5.74) is 4.30. The Morgan fingerprint density at radius 3 is 2.47 bits per heavy atom. The Morgan fingerprint density at radius 1 is 1.37 bits per heavy atom. The molecule has 2 rings (SSSR count). The van der Waals surface area contributed by atoms with Crippen LogP contribution in [0, 0.1) is 5.41 Å². The predicted molar refractivity (Wildman–Crippen MR) is 72.7 cm³/mol. The van der Waals surface area contributed by atoms with Crippen LogP contribution in [0.2, 0.25) is 0 Å². The fourth-order valence-corrected chi connectivity index (χ4v) is 3.06. The van der Waals surface area contributed by atoms with Gasteiger partial charge in [0.15, 0.2) is 0 Å². The van der Waals surface area contributed by atoms with Crippen LogP contribution in [0.3, 0.4) is 0 Å². The zero-order chi connectivity index (χ0) is 14.3. The number of carbonyl (C=O) groups is 1. The van der Waals surface area contributed by atoms with Gasteiger partial charge in [0.05, 0.1) is 5.60 Å². The van der Waals surface area contributed by atoms with Crippen molar-refractivity contribution in [2.24, 2.45) is 11.1 Å². The van der Waals surface area contributed by atoms with Gasteiger partial charge in [0.25, 0.3) is 0 Å². The lowest BCUT2D eigenvalue weighted by Gasteiger charge is -2.45. The third-order valence-corrected chi connectivity index (χ3v) is 4.34. The van der Waals surface area contributed by atoms with E-state index in [0.717, 1.165) is 12.8 Å². The first kappa shape index (κ1) is 14.6. The van der Waals surface area contributed by atoms with Crippen LogP contribution in [-0.2, 0) is 4.74 Å². The SMILES string of the molecule is CC(C)(C)OC(=O)N1CCC(O)(CCN)C2(CC2)C1. The lowest BCUT2D eigenvalue weighted by Crippen LogP contribution is -2.56. The normalized spacial score (nSPS) is 29.4. The molecule has 5 nitrogen and oxygen atoms in total. The van der Waals surface area contributed by atoms with Gasteiger partial charge in [-0.1, -0.05) is 0 Å². The van der Waals surface area contributed by atoms with Gasteiger partial charge >= 0.3 is 6.09 Å². The summed E-state index contributed by atoms with van der Waals surface area (Å²) in [6, 6.07) is 0. The molecule has 0 aromatic carbocycles. The summed E-state index contributed by atoms with van der Waals surface area (Å²) in [7, 11) is 0. The van der Waals surface area contributed by atoms with E-state index in [1.54, 1.807) is 4.90 Å². The van der Waals surface area contributed by atoms with Gasteiger partial charge in [-0.25, -0.2) is 4.79 Å². The first-order chi connectivity index (χ1) is 8.71. The van der Waals surface area contributed by atoms with E-state index in [4.69, 9.17) is 10.5 Å². The second-order valence-corrected chi connectivity index (χ2v) is 7.00. The van der Waals surface area contributed by atoms with Crippen molar-refractivity contribution in [3.05, 3.63) is 0 Å². The third kappa shape index (κ3) is 2.87. The predicted octanol–water partition coefficient (Wildman–Crippen LogP) is 1.49. The average Bonchev–Trinajstić information content (AvgIpc) is 3.02. The molecule has 1 amide bonds. The van der Waals surface area contributed by atoms with E-state index in [9.17, 15) is 9.90 Å². The summed E-state index contributed by atoms with van der Waals surface area (Å²) in [5.74, 6) is 0. The number of hydrogen-bond acceptors (Lipinski definition) is 4. The zero-order valence-electron chi connectivity index (χ0n) is 12.2. The van der Waals surface area contributed by atoms with Crippen molar-refractivity contribution in [1.82, 2.24) is 4.90 Å². The number of likely N-dealkylation sites (tertiary alicyclic amines) is 1. The van der Waals surface area contributed by atoms with Crippen molar-refractivity contribution >= 4 is 6.09 Å². The lowest BCUT2D eigenvalue weighted by molar-refractivity contribution is -0.0906. The number of aliphatic hydroxyl groups is 1. The molecule has 1 atom stereocenters. The highest BCUT2D eigenvalue weighted by Crippen LogP contribution is 2.58.